The van der Waals surface area contributed by atoms with Crippen molar-refractivity contribution >= 4 is 5.97 Å². The maximum absolute atomic E-state index is 10.6. The Morgan fingerprint density at radius 3 is 1.81 bits per heavy atom. The first kappa shape index (κ1) is 20.5. The molecule has 0 fully saturated rings. The highest BCUT2D eigenvalue weighted by molar-refractivity contribution is 5.66. The molecular formula is C19H38O2. The lowest BCUT2D eigenvalue weighted by Gasteiger charge is -2.23. The van der Waals surface area contributed by atoms with Crippen molar-refractivity contribution in [2.45, 2.75) is 105 Å². The number of aliphatic carboxylic acids is 1. The molecule has 0 aromatic carbocycles. The SMILES string of the molecule is CC(C)CCCCCCCCCCC(C)(C)CCC(=O)O. The van der Waals surface area contributed by atoms with Gasteiger partial charge in [-0.3, -0.25) is 4.79 Å². The summed E-state index contributed by atoms with van der Waals surface area (Å²) in [6.07, 6.45) is 14.5. The fraction of sp³-hybridized carbons (Fsp3) is 0.947. The summed E-state index contributed by atoms with van der Waals surface area (Å²) >= 11 is 0. The number of carboxylic acid groups (broad SMARTS) is 1. The predicted molar refractivity (Wildman–Crippen MR) is 91.7 cm³/mol. The fourth-order valence-electron chi connectivity index (χ4n) is 2.79. The van der Waals surface area contributed by atoms with Gasteiger partial charge in [-0.2, -0.15) is 0 Å². The van der Waals surface area contributed by atoms with Crippen LogP contribution in [0, 0.1) is 11.3 Å². The van der Waals surface area contributed by atoms with E-state index in [9.17, 15) is 4.79 Å². The summed E-state index contributed by atoms with van der Waals surface area (Å²) in [5.41, 5.74) is 0.190. The molecule has 126 valence electrons. The maximum Gasteiger partial charge on any atom is 0.303 e. The zero-order valence-electron chi connectivity index (χ0n) is 14.9. The van der Waals surface area contributed by atoms with E-state index in [4.69, 9.17) is 5.11 Å². The van der Waals surface area contributed by atoms with Crippen LogP contribution in [0.15, 0.2) is 0 Å². The molecule has 0 aromatic rings. The quantitative estimate of drug-likeness (QED) is 0.375. The summed E-state index contributed by atoms with van der Waals surface area (Å²) in [6.45, 7) is 9.01. The Kier molecular flexibility index (Phi) is 11.8. The largest absolute Gasteiger partial charge is 0.481 e. The van der Waals surface area contributed by atoms with Gasteiger partial charge < -0.3 is 5.11 Å². The molecule has 1 N–H and O–H groups in total. The number of hydrogen-bond acceptors (Lipinski definition) is 1. The van der Waals surface area contributed by atoms with Crippen LogP contribution in [0.5, 0.6) is 0 Å². The van der Waals surface area contributed by atoms with Crippen LogP contribution in [-0.4, -0.2) is 11.1 Å². The number of carboxylic acids is 1. The summed E-state index contributed by atoms with van der Waals surface area (Å²) in [6, 6.07) is 0. The zero-order valence-corrected chi connectivity index (χ0v) is 14.9. The molecular weight excluding hydrogens is 260 g/mol. The predicted octanol–water partition coefficient (Wildman–Crippen LogP) is 6.43. The van der Waals surface area contributed by atoms with Crippen LogP contribution < -0.4 is 0 Å². The lowest BCUT2D eigenvalue weighted by atomic mass is 9.82. The summed E-state index contributed by atoms with van der Waals surface area (Å²) in [5.74, 6) is 0.190. The summed E-state index contributed by atoms with van der Waals surface area (Å²) in [5, 5.41) is 8.74. The Balaban J connectivity index is 3.33. The van der Waals surface area contributed by atoms with Crippen molar-refractivity contribution in [2.75, 3.05) is 0 Å². The number of rotatable bonds is 14. The van der Waals surface area contributed by atoms with Crippen LogP contribution in [0.25, 0.3) is 0 Å². The molecule has 0 spiro atoms. The molecule has 0 radical (unpaired) electrons. The minimum atomic E-state index is -0.666. The molecule has 0 saturated carbocycles. The van der Waals surface area contributed by atoms with Gasteiger partial charge in [-0.05, 0) is 24.2 Å². The molecule has 2 nitrogen and oxygen atoms in total. The molecule has 0 aliphatic rings. The van der Waals surface area contributed by atoms with Crippen molar-refractivity contribution in [3.8, 4) is 0 Å². The molecule has 0 saturated heterocycles. The minimum absolute atomic E-state index is 0.190. The van der Waals surface area contributed by atoms with Crippen LogP contribution in [0.3, 0.4) is 0 Å². The molecule has 0 aliphatic heterocycles. The van der Waals surface area contributed by atoms with E-state index < -0.39 is 5.97 Å². The molecule has 0 atom stereocenters. The monoisotopic (exact) mass is 298 g/mol. The van der Waals surface area contributed by atoms with Gasteiger partial charge in [0.25, 0.3) is 0 Å². The molecule has 0 rings (SSSR count). The summed E-state index contributed by atoms with van der Waals surface area (Å²) < 4.78 is 0. The topological polar surface area (TPSA) is 37.3 Å². The summed E-state index contributed by atoms with van der Waals surface area (Å²) in [4.78, 5) is 10.6. The number of unbranched alkanes of at least 4 members (excludes halogenated alkanes) is 7. The molecule has 0 unspecified atom stereocenters. The van der Waals surface area contributed by atoms with E-state index in [1.807, 2.05) is 0 Å². The third-order valence-electron chi connectivity index (χ3n) is 4.40. The van der Waals surface area contributed by atoms with Crippen molar-refractivity contribution in [3.63, 3.8) is 0 Å². The fourth-order valence-corrected chi connectivity index (χ4v) is 2.79. The Labute approximate surface area is 132 Å². The Bertz CT molecular complexity index is 256. The van der Waals surface area contributed by atoms with Crippen LogP contribution in [-0.2, 0) is 4.79 Å². The van der Waals surface area contributed by atoms with Crippen LogP contribution in [0.1, 0.15) is 105 Å². The second-order valence-corrected chi connectivity index (χ2v) is 7.82. The highest BCUT2D eigenvalue weighted by Gasteiger charge is 2.18. The Morgan fingerprint density at radius 2 is 1.33 bits per heavy atom. The molecule has 2 heteroatoms. The van der Waals surface area contributed by atoms with Gasteiger partial charge in [0.2, 0.25) is 0 Å². The van der Waals surface area contributed by atoms with Gasteiger partial charge in [-0.15, -0.1) is 0 Å². The second-order valence-electron chi connectivity index (χ2n) is 7.82. The van der Waals surface area contributed by atoms with Crippen molar-refractivity contribution in [3.05, 3.63) is 0 Å². The lowest BCUT2D eigenvalue weighted by Crippen LogP contribution is -2.13. The first-order valence-electron chi connectivity index (χ1n) is 9.05. The van der Waals surface area contributed by atoms with Gasteiger partial charge in [0.15, 0.2) is 0 Å². The van der Waals surface area contributed by atoms with Crippen molar-refractivity contribution in [1.82, 2.24) is 0 Å². The first-order valence-corrected chi connectivity index (χ1v) is 9.05. The van der Waals surface area contributed by atoms with Crippen molar-refractivity contribution in [1.29, 1.82) is 0 Å². The average Bonchev–Trinajstić information content (AvgIpc) is 2.38. The van der Waals surface area contributed by atoms with Gasteiger partial charge in [-0.25, -0.2) is 0 Å². The minimum Gasteiger partial charge on any atom is -0.481 e. The molecule has 0 heterocycles. The molecule has 0 amide bonds. The van der Waals surface area contributed by atoms with E-state index >= 15 is 0 Å². The summed E-state index contributed by atoms with van der Waals surface area (Å²) in [7, 11) is 0. The lowest BCUT2D eigenvalue weighted by molar-refractivity contribution is -0.137. The standard InChI is InChI=1S/C19H38O2/c1-17(2)13-11-9-7-5-6-8-10-12-15-19(3,4)16-14-18(20)21/h17H,5-16H2,1-4H3,(H,20,21). The Hall–Kier alpha value is -0.530. The van der Waals surface area contributed by atoms with Gasteiger partial charge in [0, 0.05) is 6.42 Å². The molecule has 21 heavy (non-hydrogen) atoms. The van der Waals surface area contributed by atoms with Crippen LogP contribution >= 0.6 is 0 Å². The van der Waals surface area contributed by atoms with E-state index in [2.05, 4.69) is 27.7 Å². The van der Waals surface area contributed by atoms with Gasteiger partial charge in [-0.1, -0.05) is 85.5 Å². The third-order valence-corrected chi connectivity index (χ3v) is 4.40. The smallest absolute Gasteiger partial charge is 0.303 e. The normalized spacial score (nSPS) is 12.0. The average molecular weight is 299 g/mol. The highest BCUT2D eigenvalue weighted by atomic mass is 16.4. The molecule has 0 bridgehead atoms. The number of hydrogen-bond donors (Lipinski definition) is 1. The first-order chi connectivity index (χ1) is 9.83. The Morgan fingerprint density at radius 1 is 0.857 bits per heavy atom. The molecule has 0 aromatic heterocycles. The van der Waals surface area contributed by atoms with E-state index in [1.54, 1.807) is 0 Å². The zero-order chi connectivity index (χ0) is 16.1. The third kappa shape index (κ3) is 15.7. The van der Waals surface area contributed by atoms with Crippen molar-refractivity contribution < 1.29 is 9.90 Å². The van der Waals surface area contributed by atoms with Crippen LogP contribution in [0.2, 0.25) is 0 Å². The van der Waals surface area contributed by atoms with Crippen LogP contribution in [0.4, 0.5) is 0 Å². The van der Waals surface area contributed by atoms with E-state index in [0.29, 0.717) is 6.42 Å². The van der Waals surface area contributed by atoms with Crippen molar-refractivity contribution in [2.24, 2.45) is 11.3 Å². The second kappa shape index (κ2) is 12.1. The van der Waals surface area contributed by atoms with Gasteiger partial charge in [0.05, 0.1) is 0 Å². The van der Waals surface area contributed by atoms with E-state index in [0.717, 1.165) is 18.8 Å². The van der Waals surface area contributed by atoms with E-state index in [-0.39, 0.29) is 5.41 Å². The maximum atomic E-state index is 10.6. The van der Waals surface area contributed by atoms with Gasteiger partial charge >= 0.3 is 5.97 Å². The highest BCUT2D eigenvalue weighted by Crippen LogP contribution is 2.29. The van der Waals surface area contributed by atoms with E-state index in [1.165, 1.54) is 57.8 Å². The van der Waals surface area contributed by atoms with Gasteiger partial charge in [0.1, 0.15) is 0 Å². The number of carbonyl (C=O) groups is 1. The molecule has 0 aliphatic carbocycles.